The van der Waals surface area contributed by atoms with Crippen LogP contribution in [0.25, 0.3) is 0 Å². The van der Waals surface area contributed by atoms with E-state index in [2.05, 4.69) is 0 Å². The Bertz CT molecular complexity index is 857. The topological polar surface area (TPSA) is 72.5 Å². The molecule has 1 N–H and O–H groups in total. The Hall–Kier alpha value is -1.34. The van der Waals surface area contributed by atoms with Crippen LogP contribution in [0.2, 0.25) is 5.02 Å². The number of nitrogens with one attached hydrogen (secondary N) is 1. The first-order valence-corrected chi connectivity index (χ1v) is 11.6. The first-order chi connectivity index (χ1) is 12.7. The molecule has 0 unspecified atom stereocenters. The molecular formula is C19H23ClFNO4S. The van der Waals surface area contributed by atoms with Gasteiger partial charge in [0, 0.05) is 6.07 Å². The largest absolute Gasteiger partial charge is 0.492 e. The van der Waals surface area contributed by atoms with Gasteiger partial charge in [0.2, 0.25) is 10.0 Å². The molecule has 0 aromatic heterocycles. The number of carbonyl (C=O) groups is 1. The number of halogens is 2. The summed E-state index contributed by atoms with van der Waals surface area (Å²) in [6.45, 7) is 0.487. The third-order valence-electron chi connectivity index (χ3n) is 6.50. The molecule has 27 heavy (non-hydrogen) atoms. The van der Waals surface area contributed by atoms with E-state index in [-0.39, 0.29) is 10.8 Å². The van der Waals surface area contributed by atoms with Gasteiger partial charge in [0.15, 0.2) is 0 Å². The van der Waals surface area contributed by atoms with Crippen molar-refractivity contribution in [1.82, 2.24) is 4.72 Å². The van der Waals surface area contributed by atoms with Crippen molar-refractivity contribution in [2.75, 3.05) is 12.9 Å². The SMILES string of the molecule is CS(=O)(=O)NC(=O)c1cc(Cl)c(OC[C@@H]2C[C@@H]3[C@H]4CC[C@H](C4)[C@@H]3C2)cc1F. The number of benzene rings is 1. The highest BCUT2D eigenvalue weighted by molar-refractivity contribution is 7.89. The fourth-order valence-corrected chi connectivity index (χ4v) is 6.18. The summed E-state index contributed by atoms with van der Waals surface area (Å²) in [6, 6.07) is 2.16. The first-order valence-electron chi connectivity index (χ1n) is 9.35. The lowest BCUT2D eigenvalue weighted by Crippen LogP contribution is -2.30. The van der Waals surface area contributed by atoms with Crippen LogP contribution >= 0.6 is 11.6 Å². The second kappa shape index (κ2) is 6.92. The van der Waals surface area contributed by atoms with Crippen LogP contribution in [0.4, 0.5) is 4.39 Å². The highest BCUT2D eigenvalue weighted by atomic mass is 35.5. The lowest BCUT2D eigenvalue weighted by atomic mass is 9.82. The molecule has 1 aromatic rings. The van der Waals surface area contributed by atoms with E-state index in [9.17, 15) is 17.6 Å². The van der Waals surface area contributed by atoms with Gasteiger partial charge in [0.05, 0.1) is 23.4 Å². The van der Waals surface area contributed by atoms with Gasteiger partial charge in [-0.05, 0) is 67.8 Å². The molecule has 3 aliphatic rings. The summed E-state index contributed by atoms with van der Waals surface area (Å²) in [7, 11) is -3.78. The summed E-state index contributed by atoms with van der Waals surface area (Å²) in [5, 5.41) is 0.0910. The summed E-state index contributed by atoms with van der Waals surface area (Å²) in [4.78, 5) is 11.9. The predicted octanol–water partition coefficient (Wildman–Crippen LogP) is 3.62. The Morgan fingerprint density at radius 2 is 1.85 bits per heavy atom. The molecule has 1 aromatic carbocycles. The van der Waals surface area contributed by atoms with Gasteiger partial charge in [0.1, 0.15) is 11.6 Å². The van der Waals surface area contributed by atoms with E-state index >= 15 is 0 Å². The molecule has 3 aliphatic carbocycles. The normalized spacial score (nSPS) is 31.7. The Morgan fingerprint density at radius 3 is 2.44 bits per heavy atom. The fourth-order valence-electron chi connectivity index (χ4n) is 5.51. The van der Waals surface area contributed by atoms with E-state index in [4.69, 9.17) is 16.3 Å². The summed E-state index contributed by atoms with van der Waals surface area (Å²) in [5.74, 6) is 2.15. The van der Waals surface area contributed by atoms with Gasteiger partial charge in [-0.15, -0.1) is 0 Å². The molecule has 0 saturated heterocycles. The van der Waals surface area contributed by atoms with Crippen molar-refractivity contribution < 1.29 is 22.3 Å². The van der Waals surface area contributed by atoms with Gasteiger partial charge >= 0.3 is 0 Å². The zero-order valence-electron chi connectivity index (χ0n) is 15.1. The molecule has 3 fully saturated rings. The Kier molecular flexibility index (Phi) is 4.87. The molecule has 4 rings (SSSR count). The number of sulfonamides is 1. The number of ether oxygens (including phenoxy) is 1. The summed E-state index contributed by atoms with van der Waals surface area (Å²) in [6.07, 6.45) is 7.30. The Labute approximate surface area is 163 Å². The van der Waals surface area contributed by atoms with Crippen molar-refractivity contribution in [2.24, 2.45) is 29.6 Å². The van der Waals surface area contributed by atoms with E-state index < -0.39 is 27.3 Å². The van der Waals surface area contributed by atoms with E-state index in [0.717, 1.165) is 42.1 Å². The van der Waals surface area contributed by atoms with Crippen molar-refractivity contribution in [2.45, 2.75) is 32.1 Å². The van der Waals surface area contributed by atoms with Crippen molar-refractivity contribution in [3.05, 3.63) is 28.5 Å². The van der Waals surface area contributed by atoms with Crippen LogP contribution in [0.15, 0.2) is 12.1 Å². The first kappa shape index (κ1) is 19.0. The molecule has 0 heterocycles. The molecular weight excluding hydrogens is 393 g/mol. The number of fused-ring (bicyclic) bond motifs is 5. The number of hydrogen-bond donors (Lipinski definition) is 1. The fraction of sp³-hybridized carbons (Fsp3) is 0.632. The molecule has 1 amide bonds. The zero-order chi connectivity index (χ0) is 19.3. The summed E-state index contributed by atoms with van der Waals surface area (Å²) in [5.41, 5.74) is -0.426. The number of rotatable bonds is 5. The summed E-state index contributed by atoms with van der Waals surface area (Å²) < 4.78 is 44.1. The van der Waals surface area contributed by atoms with Crippen molar-refractivity contribution in [3.8, 4) is 5.75 Å². The van der Waals surface area contributed by atoms with Gasteiger partial charge in [-0.3, -0.25) is 4.79 Å². The highest BCUT2D eigenvalue weighted by Gasteiger charge is 2.51. The molecule has 148 valence electrons. The van der Waals surface area contributed by atoms with Crippen LogP contribution in [0.3, 0.4) is 0 Å². The molecule has 8 heteroatoms. The minimum absolute atomic E-state index is 0.0910. The van der Waals surface area contributed by atoms with Crippen LogP contribution < -0.4 is 9.46 Å². The predicted molar refractivity (Wildman–Crippen MR) is 99.8 cm³/mol. The van der Waals surface area contributed by atoms with Crippen LogP contribution in [0, 0.1) is 35.4 Å². The molecule has 0 radical (unpaired) electrons. The molecule has 5 atom stereocenters. The Morgan fingerprint density at radius 1 is 1.22 bits per heavy atom. The molecule has 0 spiro atoms. The van der Waals surface area contributed by atoms with E-state index in [0.29, 0.717) is 12.5 Å². The number of amides is 1. The van der Waals surface area contributed by atoms with E-state index in [1.807, 2.05) is 0 Å². The second-order valence-corrected chi connectivity index (χ2v) is 10.4. The monoisotopic (exact) mass is 415 g/mol. The lowest BCUT2D eigenvalue weighted by Gasteiger charge is -2.23. The van der Waals surface area contributed by atoms with Crippen LogP contribution in [0.5, 0.6) is 5.75 Å². The van der Waals surface area contributed by atoms with Gasteiger partial charge in [-0.1, -0.05) is 11.6 Å². The maximum atomic E-state index is 14.3. The average Bonchev–Trinajstić information content (AvgIpc) is 3.25. The third kappa shape index (κ3) is 3.81. The van der Waals surface area contributed by atoms with Crippen LogP contribution in [-0.2, 0) is 10.0 Å². The molecule has 5 nitrogen and oxygen atoms in total. The Balaban J connectivity index is 1.40. The number of hydrogen-bond acceptors (Lipinski definition) is 4. The van der Waals surface area contributed by atoms with Crippen molar-refractivity contribution in [3.63, 3.8) is 0 Å². The van der Waals surface area contributed by atoms with Gasteiger partial charge < -0.3 is 4.74 Å². The van der Waals surface area contributed by atoms with Crippen molar-refractivity contribution >= 4 is 27.5 Å². The van der Waals surface area contributed by atoms with Crippen LogP contribution in [-0.4, -0.2) is 27.2 Å². The minimum atomic E-state index is -3.78. The average molecular weight is 416 g/mol. The number of carbonyl (C=O) groups excluding carboxylic acids is 1. The minimum Gasteiger partial charge on any atom is -0.492 e. The third-order valence-corrected chi connectivity index (χ3v) is 7.36. The van der Waals surface area contributed by atoms with Crippen molar-refractivity contribution in [1.29, 1.82) is 0 Å². The lowest BCUT2D eigenvalue weighted by molar-refractivity contribution is 0.0977. The smallest absolute Gasteiger partial charge is 0.267 e. The van der Waals surface area contributed by atoms with Gasteiger partial charge in [-0.25, -0.2) is 17.5 Å². The van der Waals surface area contributed by atoms with E-state index in [1.165, 1.54) is 32.1 Å². The van der Waals surface area contributed by atoms with Gasteiger partial charge in [-0.2, -0.15) is 0 Å². The highest BCUT2D eigenvalue weighted by Crippen LogP contribution is 2.60. The standard InChI is InChI=1S/C19H23ClFNO4S/c1-27(24,25)22-19(23)15-7-16(20)18(8-17(15)21)26-9-10-4-13-11-2-3-12(6-11)14(13)5-10/h7-8,10-14H,2-6,9H2,1H3,(H,22,23)/t10-,11+,12-,13-,14+. The quantitative estimate of drug-likeness (QED) is 0.797. The summed E-state index contributed by atoms with van der Waals surface area (Å²) >= 11 is 6.13. The molecule has 0 aliphatic heterocycles. The van der Waals surface area contributed by atoms with E-state index in [1.54, 1.807) is 4.72 Å². The second-order valence-electron chi connectivity index (χ2n) is 8.28. The maximum Gasteiger partial charge on any atom is 0.267 e. The molecule has 3 saturated carbocycles. The molecule has 2 bridgehead atoms. The zero-order valence-corrected chi connectivity index (χ0v) is 16.7. The van der Waals surface area contributed by atoms with Crippen LogP contribution in [0.1, 0.15) is 42.5 Å². The maximum absolute atomic E-state index is 14.3. The van der Waals surface area contributed by atoms with Gasteiger partial charge in [0.25, 0.3) is 5.91 Å².